The van der Waals surface area contributed by atoms with Gasteiger partial charge in [-0.05, 0) is 24.5 Å². The zero-order valence-electron chi connectivity index (χ0n) is 13.0. The van der Waals surface area contributed by atoms with Crippen LogP contribution in [0.25, 0.3) is 0 Å². The Morgan fingerprint density at radius 2 is 2.25 bits per heavy atom. The summed E-state index contributed by atoms with van der Waals surface area (Å²) in [6, 6.07) is 5.12. The molecule has 0 spiro atoms. The number of anilines is 1. The minimum Gasteiger partial charge on any atom is -0.545 e. The number of aliphatic carboxylic acids is 2. The van der Waals surface area contributed by atoms with E-state index in [4.69, 9.17) is 5.11 Å². The average molecular weight is 355 g/mol. The van der Waals surface area contributed by atoms with Gasteiger partial charge in [-0.15, -0.1) is 11.8 Å². The lowest BCUT2D eigenvalue weighted by molar-refractivity contribution is -0.528. The molecule has 0 amide bonds. The minimum atomic E-state index is -1.51. The molecule has 0 unspecified atom stereocenters. The second kappa shape index (κ2) is 10.4. The van der Waals surface area contributed by atoms with Crippen molar-refractivity contribution in [3.05, 3.63) is 36.2 Å². The van der Waals surface area contributed by atoms with Crippen LogP contribution in [0.4, 0.5) is 10.1 Å². The Bertz CT molecular complexity index is 634. The molecule has 9 heteroatoms. The third-order valence-electron chi connectivity index (χ3n) is 2.83. The molecular weight excluding hydrogens is 337 g/mol. The van der Waals surface area contributed by atoms with Crippen LogP contribution in [0.2, 0.25) is 0 Å². The molecule has 0 aliphatic carbocycles. The third-order valence-corrected chi connectivity index (χ3v) is 3.61. The van der Waals surface area contributed by atoms with Gasteiger partial charge in [0, 0.05) is 11.0 Å². The van der Waals surface area contributed by atoms with Crippen LogP contribution in [0.1, 0.15) is 0 Å². The maximum atomic E-state index is 13.6. The van der Waals surface area contributed by atoms with Crippen LogP contribution >= 0.6 is 11.8 Å². The monoisotopic (exact) mass is 355 g/mol. The van der Waals surface area contributed by atoms with Crippen LogP contribution < -0.4 is 15.7 Å². The summed E-state index contributed by atoms with van der Waals surface area (Å²) < 4.78 is 13.6. The van der Waals surface area contributed by atoms with E-state index < -0.39 is 11.9 Å². The van der Waals surface area contributed by atoms with E-state index in [0.29, 0.717) is 24.4 Å². The van der Waals surface area contributed by atoms with Gasteiger partial charge in [0.1, 0.15) is 18.9 Å². The average Bonchev–Trinajstić information content (AvgIpc) is 3.05. The number of para-hydroxylation sites is 1. The van der Waals surface area contributed by atoms with Crippen LogP contribution in [0.3, 0.4) is 0 Å². The molecule has 1 aromatic carbocycles. The number of nitrogens with two attached hydrogens (primary N) is 1. The summed E-state index contributed by atoms with van der Waals surface area (Å²) in [5.41, 5.74) is 0.581. The van der Waals surface area contributed by atoms with Crippen molar-refractivity contribution < 1.29 is 29.5 Å². The van der Waals surface area contributed by atoms with Gasteiger partial charge in [-0.2, -0.15) is 0 Å². The van der Waals surface area contributed by atoms with Gasteiger partial charge in [-0.3, -0.25) is 5.32 Å². The summed E-state index contributed by atoms with van der Waals surface area (Å²) >= 11 is 1.54. The number of carbonyl (C=O) groups is 2. The fraction of sp³-hybridized carbons (Fsp3) is 0.267. The number of aliphatic imine (C=N–C) groups is 1. The fourth-order valence-corrected chi connectivity index (χ4v) is 2.38. The van der Waals surface area contributed by atoms with Gasteiger partial charge >= 0.3 is 5.97 Å². The summed E-state index contributed by atoms with van der Waals surface area (Å²) in [6.45, 7) is 2.47. The summed E-state index contributed by atoms with van der Waals surface area (Å²) in [7, 11) is 0. The van der Waals surface area contributed by atoms with Crippen molar-refractivity contribution in [2.45, 2.75) is 4.90 Å². The van der Waals surface area contributed by atoms with Crippen LogP contribution in [0.5, 0.6) is 0 Å². The molecule has 130 valence electrons. The van der Waals surface area contributed by atoms with E-state index >= 15 is 0 Å². The summed E-state index contributed by atoms with van der Waals surface area (Å²) in [4.78, 5) is 24.2. The molecule has 1 aliphatic rings. The number of carboxylic acid groups (broad SMARTS) is 2. The summed E-state index contributed by atoms with van der Waals surface area (Å²) in [5, 5.41) is 22.4. The zero-order chi connectivity index (χ0) is 17.9. The molecule has 0 fully saturated rings. The quantitative estimate of drug-likeness (QED) is 0.459. The molecule has 0 aromatic heterocycles. The van der Waals surface area contributed by atoms with Crippen molar-refractivity contribution >= 4 is 35.2 Å². The van der Waals surface area contributed by atoms with Gasteiger partial charge < -0.3 is 20.3 Å². The second-order valence-corrected chi connectivity index (χ2v) is 5.38. The molecule has 1 aliphatic heterocycles. The van der Waals surface area contributed by atoms with Crippen molar-refractivity contribution in [1.29, 1.82) is 0 Å². The number of amidine groups is 1. The van der Waals surface area contributed by atoms with Crippen LogP contribution in [0, 0.1) is 5.82 Å². The Labute approximate surface area is 142 Å². The smallest absolute Gasteiger partial charge is 0.328 e. The van der Waals surface area contributed by atoms with Gasteiger partial charge in [0.15, 0.2) is 0 Å². The van der Waals surface area contributed by atoms with E-state index in [-0.39, 0.29) is 5.82 Å². The third kappa shape index (κ3) is 7.25. The number of rotatable bonds is 6. The first-order valence-corrected chi connectivity index (χ1v) is 8.21. The van der Waals surface area contributed by atoms with Crippen LogP contribution in [-0.2, 0) is 9.59 Å². The van der Waals surface area contributed by atoms with Crippen molar-refractivity contribution in [2.75, 3.05) is 31.2 Å². The first-order chi connectivity index (χ1) is 11.4. The first-order valence-electron chi connectivity index (χ1n) is 6.99. The van der Waals surface area contributed by atoms with Gasteiger partial charge in [-0.25, -0.2) is 14.2 Å². The SMILES string of the molecule is CSc1cccc(F)c1NCC1=NCC[NH2+]1.O=C([O-])/C=C/C(=O)O. The van der Waals surface area contributed by atoms with Gasteiger partial charge in [0.2, 0.25) is 5.84 Å². The van der Waals surface area contributed by atoms with E-state index in [1.54, 1.807) is 6.07 Å². The molecule has 4 N–H and O–H groups in total. The lowest BCUT2D eigenvalue weighted by Crippen LogP contribution is -2.87. The van der Waals surface area contributed by atoms with Crippen LogP contribution in [-0.4, -0.2) is 48.8 Å². The molecule has 0 atom stereocenters. The highest BCUT2D eigenvalue weighted by molar-refractivity contribution is 7.98. The van der Waals surface area contributed by atoms with Crippen molar-refractivity contribution in [2.24, 2.45) is 4.99 Å². The molecule has 2 rings (SSSR count). The molecule has 24 heavy (non-hydrogen) atoms. The number of quaternary nitrogens is 1. The maximum absolute atomic E-state index is 13.6. The number of benzene rings is 1. The molecule has 7 nitrogen and oxygen atoms in total. The maximum Gasteiger partial charge on any atom is 0.328 e. The summed E-state index contributed by atoms with van der Waals surface area (Å²) in [6.07, 6.45) is 2.89. The molecule has 0 saturated carbocycles. The molecule has 0 radical (unpaired) electrons. The summed E-state index contributed by atoms with van der Waals surface area (Å²) in [5.74, 6) is -1.98. The molecule has 0 saturated heterocycles. The van der Waals surface area contributed by atoms with E-state index in [2.05, 4.69) is 15.6 Å². The largest absolute Gasteiger partial charge is 0.545 e. The Morgan fingerprint density at radius 1 is 1.50 bits per heavy atom. The van der Waals surface area contributed by atoms with Gasteiger partial charge in [0.05, 0.1) is 18.2 Å². The highest BCUT2D eigenvalue weighted by Gasteiger charge is 2.12. The number of hydrogen-bond acceptors (Lipinski definition) is 6. The topological polar surface area (TPSA) is 118 Å². The van der Waals surface area contributed by atoms with E-state index in [0.717, 1.165) is 23.8 Å². The highest BCUT2D eigenvalue weighted by Crippen LogP contribution is 2.27. The van der Waals surface area contributed by atoms with Crippen molar-refractivity contribution in [1.82, 2.24) is 0 Å². The lowest BCUT2D eigenvalue weighted by Gasteiger charge is -2.10. The number of hydrogen-bond donors (Lipinski definition) is 3. The van der Waals surface area contributed by atoms with E-state index in [1.807, 2.05) is 12.3 Å². The van der Waals surface area contributed by atoms with Crippen LogP contribution in [0.15, 0.2) is 40.2 Å². The number of carbonyl (C=O) groups excluding carboxylic acids is 1. The Morgan fingerprint density at radius 3 is 2.75 bits per heavy atom. The van der Waals surface area contributed by atoms with E-state index in [9.17, 15) is 19.1 Å². The first kappa shape index (κ1) is 19.7. The van der Waals surface area contributed by atoms with Gasteiger partial charge in [-0.1, -0.05) is 6.07 Å². The number of nitrogens with one attached hydrogen (secondary N) is 1. The number of nitrogens with zero attached hydrogens (tertiary/aromatic N) is 1. The highest BCUT2D eigenvalue weighted by atomic mass is 32.2. The Balaban J connectivity index is 0.000000307. The number of halogens is 1. The molecule has 1 heterocycles. The number of carboxylic acids is 2. The normalized spacial score (nSPS) is 13.2. The molecule has 1 aromatic rings. The van der Waals surface area contributed by atoms with Crippen molar-refractivity contribution in [3.8, 4) is 0 Å². The molecular formula is C15H18FN3O4S. The minimum absolute atomic E-state index is 0.203. The van der Waals surface area contributed by atoms with E-state index in [1.165, 1.54) is 17.8 Å². The lowest BCUT2D eigenvalue weighted by atomic mass is 10.3. The standard InChI is InChI=1S/C11H14FN3S.C4H4O4/c1-16-9-4-2-3-8(12)11(9)15-7-10-13-5-6-14-10;5-3(6)1-2-4(7)8/h2-4,15H,5-7H2,1H3,(H,13,14);1-2H,(H,5,6)(H,7,8)/b;2-1+. The Hall–Kier alpha value is -2.39. The number of thioether (sulfide) groups is 1. The Kier molecular flexibility index (Phi) is 8.52. The van der Waals surface area contributed by atoms with Crippen molar-refractivity contribution in [3.63, 3.8) is 0 Å². The van der Waals surface area contributed by atoms with Gasteiger partial charge in [0.25, 0.3) is 0 Å². The molecule has 0 bridgehead atoms. The zero-order valence-corrected chi connectivity index (χ0v) is 13.8. The predicted octanol–water partition coefficient (Wildman–Crippen LogP) is -0.688. The second-order valence-electron chi connectivity index (χ2n) is 4.53. The fourth-order valence-electron chi connectivity index (χ4n) is 1.80. The predicted molar refractivity (Wildman–Crippen MR) is 87.5 cm³/mol.